The Morgan fingerprint density at radius 3 is 2.64 bits per heavy atom. The molecule has 0 spiro atoms. The van der Waals surface area contributed by atoms with Gasteiger partial charge in [0, 0.05) is 6.42 Å². The lowest BCUT2D eigenvalue weighted by Crippen LogP contribution is -2.06. The van der Waals surface area contributed by atoms with Crippen LogP contribution in [0.2, 0.25) is 0 Å². The van der Waals surface area contributed by atoms with Gasteiger partial charge in [-0.15, -0.1) is 0 Å². The predicted octanol–water partition coefficient (Wildman–Crippen LogP) is 2.45. The van der Waals surface area contributed by atoms with Gasteiger partial charge < -0.3 is 5.11 Å². The molecule has 0 amide bonds. The van der Waals surface area contributed by atoms with E-state index in [-0.39, 0.29) is 6.42 Å². The summed E-state index contributed by atoms with van der Waals surface area (Å²) < 4.78 is 11.6. The van der Waals surface area contributed by atoms with Crippen LogP contribution in [0.1, 0.15) is 32.6 Å². The molecule has 11 heavy (non-hydrogen) atoms. The summed E-state index contributed by atoms with van der Waals surface area (Å²) in [6.07, 6.45) is 6.47. The van der Waals surface area contributed by atoms with E-state index in [2.05, 4.69) is 13.0 Å². The number of halogens is 1. The molecule has 0 aromatic heterocycles. The Balaban J connectivity index is 3.16. The van der Waals surface area contributed by atoms with Crippen LogP contribution in [0, 0.1) is 0 Å². The van der Waals surface area contributed by atoms with Crippen LogP contribution in [-0.4, -0.2) is 17.9 Å². The lowest BCUT2D eigenvalue weighted by molar-refractivity contribution is 0.145. The van der Waals surface area contributed by atoms with Crippen molar-refractivity contribution >= 4 is 0 Å². The Labute approximate surface area is 67.9 Å². The molecule has 0 fully saturated rings. The molecule has 0 saturated heterocycles. The minimum Gasteiger partial charge on any atom is -0.393 e. The third kappa shape index (κ3) is 7.53. The Kier molecular flexibility index (Phi) is 7.47. The van der Waals surface area contributed by atoms with Crippen molar-refractivity contribution in [3.05, 3.63) is 12.2 Å². The average molecular weight is 160 g/mol. The van der Waals surface area contributed by atoms with E-state index in [9.17, 15) is 4.39 Å². The number of alkyl halides is 1. The van der Waals surface area contributed by atoms with Crippen LogP contribution in [0.5, 0.6) is 0 Å². The van der Waals surface area contributed by atoms with Crippen molar-refractivity contribution in [2.45, 2.75) is 38.7 Å². The molecule has 1 atom stereocenters. The van der Waals surface area contributed by atoms with E-state index in [1.54, 1.807) is 0 Å². The molecule has 0 aromatic carbocycles. The van der Waals surface area contributed by atoms with Gasteiger partial charge in [0.1, 0.15) is 0 Å². The van der Waals surface area contributed by atoms with Crippen molar-refractivity contribution in [3.8, 4) is 0 Å². The standard InChI is InChI=1S/C9H17FO/c1-2-3-4-5-6-9(11)7-8-10/h3-4,9,11H,2,5-8H2,1H3. The Morgan fingerprint density at radius 1 is 1.36 bits per heavy atom. The molecule has 0 aliphatic rings. The van der Waals surface area contributed by atoms with Crippen LogP contribution in [-0.2, 0) is 0 Å². The van der Waals surface area contributed by atoms with Crippen LogP contribution in [0.3, 0.4) is 0 Å². The molecule has 0 saturated carbocycles. The number of aliphatic hydroxyl groups excluding tert-OH is 1. The number of rotatable bonds is 6. The van der Waals surface area contributed by atoms with E-state index in [1.807, 2.05) is 6.08 Å². The molecule has 0 rings (SSSR count). The van der Waals surface area contributed by atoms with E-state index in [0.29, 0.717) is 6.42 Å². The van der Waals surface area contributed by atoms with Gasteiger partial charge in [0.15, 0.2) is 0 Å². The molecule has 0 aromatic rings. The zero-order valence-electron chi connectivity index (χ0n) is 7.09. The van der Waals surface area contributed by atoms with Crippen LogP contribution in [0.15, 0.2) is 12.2 Å². The molecule has 0 bridgehead atoms. The summed E-state index contributed by atoms with van der Waals surface area (Å²) >= 11 is 0. The van der Waals surface area contributed by atoms with Crippen molar-refractivity contribution in [2.75, 3.05) is 6.67 Å². The molecule has 1 nitrogen and oxygen atoms in total. The summed E-state index contributed by atoms with van der Waals surface area (Å²) in [5, 5.41) is 9.07. The van der Waals surface area contributed by atoms with Gasteiger partial charge in [-0.3, -0.25) is 4.39 Å². The van der Waals surface area contributed by atoms with Crippen LogP contribution < -0.4 is 0 Å². The summed E-state index contributed by atoms with van der Waals surface area (Å²) in [5.74, 6) is 0. The maximum Gasteiger partial charge on any atom is 0.0919 e. The minimum absolute atomic E-state index is 0.278. The Hall–Kier alpha value is -0.370. The largest absolute Gasteiger partial charge is 0.393 e. The fourth-order valence-corrected chi connectivity index (χ4v) is 0.843. The molecular formula is C9H17FO. The van der Waals surface area contributed by atoms with Crippen molar-refractivity contribution < 1.29 is 9.50 Å². The van der Waals surface area contributed by atoms with E-state index in [1.165, 1.54) is 0 Å². The highest BCUT2D eigenvalue weighted by molar-refractivity contribution is 4.80. The first kappa shape index (κ1) is 10.6. The van der Waals surface area contributed by atoms with Crippen molar-refractivity contribution in [1.29, 1.82) is 0 Å². The van der Waals surface area contributed by atoms with Gasteiger partial charge in [-0.05, 0) is 19.3 Å². The lowest BCUT2D eigenvalue weighted by Gasteiger charge is -2.04. The van der Waals surface area contributed by atoms with E-state index >= 15 is 0 Å². The van der Waals surface area contributed by atoms with Gasteiger partial charge in [0.05, 0.1) is 12.8 Å². The molecule has 0 heterocycles. The number of hydrogen-bond acceptors (Lipinski definition) is 1. The topological polar surface area (TPSA) is 20.2 Å². The highest BCUT2D eigenvalue weighted by atomic mass is 19.1. The van der Waals surface area contributed by atoms with Gasteiger partial charge in [-0.2, -0.15) is 0 Å². The highest BCUT2D eigenvalue weighted by Crippen LogP contribution is 2.02. The van der Waals surface area contributed by atoms with E-state index < -0.39 is 12.8 Å². The van der Waals surface area contributed by atoms with Gasteiger partial charge in [-0.1, -0.05) is 19.1 Å². The molecule has 66 valence electrons. The maximum absolute atomic E-state index is 11.6. The van der Waals surface area contributed by atoms with Crippen molar-refractivity contribution in [2.24, 2.45) is 0 Å². The molecule has 0 aliphatic heterocycles. The molecule has 2 heteroatoms. The summed E-state index contributed by atoms with van der Waals surface area (Å²) in [6, 6.07) is 0. The van der Waals surface area contributed by atoms with Crippen molar-refractivity contribution in [1.82, 2.24) is 0 Å². The second-order valence-electron chi connectivity index (χ2n) is 2.59. The zero-order chi connectivity index (χ0) is 8.53. The van der Waals surface area contributed by atoms with E-state index in [0.717, 1.165) is 12.8 Å². The molecular weight excluding hydrogens is 143 g/mol. The van der Waals surface area contributed by atoms with Crippen LogP contribution in [0.25, 0.3) is 0 Å². The molecule has 1 unspecified atom stereocenters. The third-order valence-corrected chi connectivity index (χ3v) is 1.51. The first-order valence-electron chi connectivity index (χ1n) is 4.20. The SMILES string of the molecule is CCC=CCCC(O)CCF. The van der Waals surface area contributed by atoms with Gasteiger partial charge in [0.25, 0.3) is 0 Å². The van der Waals surface area contributed by atoms with Crippen LogP contribution in [0.4, 0.5) is 4.39 Å². The highest BCUT2D eigenvalue weighted by Gasteiger charge is 2.00. The smallest absolute Gasteiger partial charge is 0.0919 e. The monoisotopic (exact) mass is 160 g/mol. The summed E-state index contributed by atoms with van der Waals surface area (Å²) in [6.45, 7) is 1.65. The second-order valence-corrected chi connectivity index (χ2v) is 2.59. The molecule has 0 radical (unpaired) electrons. The normalized spacial score (nSPS) is 14.1. The lowest BCUT2D eigenvalue weighted by atomic mass is 10.1. The van der Waals surface area contributed by atoms with Gasteiger partial charge >= 0.3 is 0 Å². The Morgan fingerprint density at radius 2 is 2.09 bits per heavy atom. The quantitative estimate of drug-likeness (QED) is 0.592. The summed E-state index contributed by atoms with van der Waals surface area (Å²) in [5.41, 5.74) is 0. The van der Waals surface area contributed by atoms with E-state index in [4.69, 9.17) is 5.11 Å². The van der Waals surface area contributed by atoms with Gasteiger partial charge in [0.2, 0.25) is 0 Å². The number of aliphatic hydroxyl groups is 1. The predicted molar refractivity (Wildman–Crippen MR) is 45.3 cm³/mol. The van der Waals surface area contributed by atoms with Gasteiger partial charge in [-0.25, -0.2) is 0 Å². The average Bonchev–Trinajstić information content (AvgIpc) is 1.99. The second kappa shape index (κ2) is 7.73. The molecule has 1 N–H and O–H groups in total. The summed E-state index contributed by atoms with van der Waals surface area (Å²) in [7, 11) is 0. The number of allylic oxidation sites excluding steroid dienone is 2. The Bertz CT molecular complexity index is 102. The fraction of sp³-hybridized carbons (Fsp3) is 0.778. The number of hydrogen-bond donors (Lipinski definition) is 1. The summed E-state index contributed by atoms with van der Waals surface area (Å²) in [4.78, 5) is 0. The molecule has 0 aliphatic carbocycles. The fourth-order valence-electron chi connectivity index (χ4n) is 0.843. The van der Waals surface area contributed by atoms with Crippen molar-refractivity contribution in [3.63, 3.8) is 0 Å². The maximum atomic E-state index is 11.6. The minimum atomic E-state index is -0.457. The first-order chi connectivity index (χ1) is 5.31. The van der Waals surface area contributed by atoms with Crippen LogP contribution >= 0.6 is 0 Å². The zero-order valence-corrected chi connectivity index (χ0v) is 7.09. The third-order valence-electron chi connectivity index (χ3n) is 1.51. The first-order valence-corrected chi connectivity index (χ1v) is 4.20.